The predicted molar refractivity (Wildman–Crippen MR) is 72.4 cm³/mol. The van der Waals surface area contributed by atoms with Crippen LogP contribution in [0.2, 0.25) is 0 Å². The average molecular weight is 221 g/mol. The van der Waals surface area contributed by atoms with Crippen molar-refractivity contribution in [2.45, 2.75) is 13.8 Å². The molecule has 1 aromatic rings. The number of nitrogens with one attached hydrogen (secondary N) is 2. The second-order valence-corrected chi connectivity index (χ2v) is 3.53. The quantitative estimate of drug-likeness (QED) is 0.801. The Morgan fingerprint density at radius 3 is 2.12 bits per heavy atom. The summed E-state index contributed by atoms with van der Waals surface area (Å²) in [6, 6.07) is 8.60. The van der Waals surface area contributed by atoms with E-state index in [0.29, 0.717) is 0 Å². The summed E-state index contributed by atoms with van der Waals surface area (Å²) in [4.78, 5) is 2.41. The first kappa shape index (κ1) is 12.8. The number of anilines is 2. The predicted octanol–water partition coefficient (Wildman–Crippen LogP) is 2.16. The van der Waals surface area contributed by atoms with Crippen LogP contribution in [0.3, 0.4) is 0 Å². The van der Waals surface area contributed by atoms with Gasteiger partial charge < -0.3 is 15.5 Å². The van der Waals surface area contributed by atoms with Gasteiger partial charge >= 0.3 is 0 Å². The Labute approximate surface area is 98.8 Å². The lowest BCUT2D eigenvalue weighted by molar-refractivity contribution is 0.589. The summed E-state index contributed by atoms with van der Waals surface area (Å²) in [6.07, 6.45) is 0. The van der Waals surface area contributed by atoms with Crippen LogP contribution >= 0.6 is 0 Å². The summed E-state index contributed by atoms with van der Waals surface area (Å²) in [7, 11) is 1.94. The van der Waals surface area contributed by atoms with Crippen molar-refractivity contribution in [2.24, 2.45) is 0 Å². The van der Waals surface area contributed by atoms with Gasteiger partial charge in [0.2, 0.25) is 0 Å². The number of piperazine rings is 1. The standard InChI is InChI=1S/C11H17N3.C2H6/c1-12-10-2-4-11(5-3-10)14-8-6-13-7-9-14;1-2/h2-5,12-13H,6-9H2,1H3;1-2H3. The van der Waals surface area contributed by atoms with Gasteiger partial charge in [0.15, 0.2) is 0 Å². The van der Waals surface area contributed by atoms with Gasteiger partial charge in [-0.15, -0.1) is 0 Å². The maximum Gasteiger partial charge on any atom is 0.0368 e. The summed E-state index contributed by atoms with van der Waals surface area (Å²) >= 11 is 0. The Morgan fingerprint density at radius 2 is 1.62 bits per heavy atom. The molecule has 0 amide bonds. The summed E-state index contributed by atoms with van der Waals surface area (Å²) in [5, 5.41) is 6.48. The van der Waals surface area contributed by atoms with Gasteiger partial charge in [-0.1, -0.05) is 13.8 Å². The molecular formula is C13H23N3. The molecule has 1 aliphatic heterocycles. The molecule has 0 radical (unpaired) electrons. The van der Waals surface area contributed by atoms with E-state index in [4.69, 9.17) is 0 Å². The highest BCUT2D eigenvalue weighted by Crippen LogP contribution is 2.17. The molecule has 3 nitrogen and oxygen atoms in total. The summed E-state index contributed by atoms with van der Waals surface area (Å²) in [5.41, 5.74) is 2.49. The van der Waals surface area contributed by atoms with E-state index < -0.39 is 0 Å². The van der Waals surface area contributed by atoms with E-state index in [1.807, 2.05) is 20.9 Å². The molecule has 1 aromatic carbocycles. The fraction of sp³-hybridized carbons (Fsp3) is 0.538. The van der Waals surface area contributed by atoms with Crippen LogP contribution in [0.4, 0.5) is 11.4 Å². The zero-order valence-corrected chi connectivity index (χ0v) is 10.6. The molecule has 2 N–H and O–H groups in total. The molecule has 90 valence electrons. The fourth-order valence-electron chi connectivity index (χ4n) is 1.76. The molecule has 16 heavy (non-hydrogen) atoms. The lowest BCUT2D eigenvalue weighted by atomic mass is 10.2. The Kier molecular flexibility index (Phi) is 5.72. The largest absolute Gasteiger partial charge is 0.388 e. The second kappa shape index (κ2) is 7.12. The van der Waals surface area contributed by atoms with E-state index in [1.165, 1.54) is 11.4 Å². The first-order valence-electron chi connectivity index (χ1n) is 6.13. The van der Waals surface area contributed by atoms with Crippen molar-refractivity contribution >= 4 is 11.4 Å². The van der Waals surface area contributed by atoms with Crippen molar-refractivity contribution in [3.63, 3.8) is 0 Å². The van der Waals surface area contributed by atoms with Gasteiger partial charge in [0.05, 0.1) is 0 Å². The molecule has 3 heteroatoms. The molecule has 0 atom stereocenters. The van der Waals surface area contributed by atoms with Gasteiger partial charge in [-0.05, 0) is 24.3 Å². The van der Waals surface area contributed by atoms with Gasteiger partial charge in [0, 0.05) is 44.6 Å². The average Bonchev–Trinajstić information content (AvgIpc) is 2.42. The number of rotatable bonds is 2. The zero-order valence-electron chi connectivity index (χ0n) is 10.6. The number of nitrogens with zero attached hydrogens (tertiary/aromatic N) is 1. The van der Waals surface area contributed by atoms with Crippen LogP contribution in [0.15, 0.2) is 24.3 Å². The lowest BCUT2D eigenvalue weighted by Crippen LogP contribution is -2.43. The van der Waals surface area contributed by atoms with Gasteiger partial charge in [-0.25, -0.2) is 0 Å². The second-order valence-electron chi connectivity index (χ2n) is 3.53. The van der Waals surface area contributed by atoms with E-state index in [1.54, 1.807) is 0 Å². The molecule has 0 bridgehead atoms. The highest BCUT2D eigenvalue weighted by Gasteiger charge is 2.09. The van der Waals surface area contributed by atoms with Gasteiger partial charge in [0.25, 0.3) is 0 Å². The van der Waals surface area contributed by atoms with Crippen molar-refractivity contribution in [2.75, 3.05) is 43.4 Å². The SMILES string of the molecule is CC.CNc1ccc(N2CCNCC2)cc1. The van der Waals surface area contributed by atoms with Crippen LogP contribution in [-0.4, -0.2) is 33.2 Å². The smallest absolute Gasteiger partial charge is 0.0368 e. The highest BCUT2D eigenvalue weighted by molar-refractivity contribution is 5.55. The van der Waals surface area contributed by atoms with Gasteiger partial charge in [0.1, 0.15) is 0 Å². The Hall–Kier alpha value is -1.22. The third-order valence-corrected chi connectivity index (χ3v) is 2.64. The number of hydrogen-bond acceptors (Lipinski definition) is 3. The Morgan fingerprint density at radius 1 is 1.06 bits per heavy atom. The van der Waals surface area contributed by atoms with Crippen LogP contribution in [0, 0.1) is 0 Å². The molecule has 1 saturated heterocycles. The molecule has 0 aliphatic carbocycles. The maximum absolute atomic E-state index is 3.35. The van der Waals surface area contributed by atoms with Crippen LogP contribution < -0.4 is 15.5 Å². The zero-order chi connectivity index (χ0) is 11.8. The van der Waals surface area contributed by atoms with E-state index in [-0.39, 0.29) is 0 Å². The molecule has 1 heterocycles. The van der Waals surface area contributed by atoms with E-state index >= 15 is 0 Å². The minimum absolute atomic E-state index is 1.09. The number of hydrogen-bond donors (Lipinski definition) is 2. The highest BCUT2D eigenvalue weighted by atomic mass is 15.2. The number of benzene rings is 1. The molecule has 0 unspecified atom stereocenters. The molecule has 0 spiro atoms. The van der Waals surface area contributed by atoms with E-state index in [9.17, 15) is 0 Å². The van der Waals surface area contributed by atoms with Gasteiger partial charge in [-0.2, -0.15) is 0 Å². The van der Waals surface area contributed by atoms with Crippen LogP contribution in [0.5, 0.6) is 0 Å². The van der Waals surface area contributed by atoms with Crippen molar-refractivity contribution in [3.8, 4) is 0 Å². The molecule has 0 aromatic heterocycles. The normalized spacial score (nSPS) is 15.1. The summed E-state index contributed by atoms with van der Waals surface area (Å²) in [5.74, 6) is 0. The Balaban J connectivity index is 0.000000606. The topological polar surface area (TPSA) is 27.3 Å². The van der Waals surface area contributed by atoms with Crippen LogP contribution in [0.25, 0.3) is 0 Å². The van der Waals surface area contributed by atoms with E-state index in [0.717, 1.165) is 26.2 Å². The van der Waals surface area contributed by atoms with Crippen LogP contribution in [-0.2, 0) is 0 Å². The summed E-state index contributed by atoms with van der Waals surface area (Å²) in [6.45, 7) is 8.40. The van der Waals surface area contributed by atoms with Crippen LogP contribution in [0.1, 0.15) is 13.8 Å². The first-order valence-corrected chi connectivity index (χ1v) is 6.13. The lowest BCUT2D eigenvalue weighted by Gasteiger charge is -2.29. The molecule has 0 saturated carbocycles. The Bertz CT molecular complexity index is 276. The third kappa shape index (κ3) is 3.42. The maximum atomic E-state index is 3.35. The van der Waals surface area contributed by atoms with Crippen molar-refractivity contribution in [1.29, 1.82) is 0 Å². The molecule has 1 aliphatic rings. The third-order valence-electron chi connectivity index (χ3n) is 2.64. The van der Waals surface area contributed by atoms with Gasteiger partial charge in [-0.3, -0.25) is 0 Å². The molecule has 2 rings (SSSR count). The minimum Gasteiger partial charge on any atom is -0.388 e. The minimum atomic E-state index is 1.09. The molecular weight excluding hydrogens is 198 g/mol. The monoisotopic (exact) mass is 221 g/mol. The molecule has 1 fully saturated rings. The van der Waals surface area contributed by atoms with Crippen molar-refractivity contribution in [1.82, 2.24) is 5.32 Å². The summed E-state index contributed by atoms with van der Waals surface area (Å²) < 4.78 is 0. The van der Waals surface area contributed by atoms with Crippen molar-refractivity contribution < 1.29 is 0 Å². The van der Waals surface area contributed by atoms with Crippen molar-refractivity contribution in [3.05, 3.63) is 24.3 Å². The first-order chi connectivity index (χ1) is 7.90. The fourth-order valence-corrected chi connectivity index (χ4v) is 1.76. The van der Waals surface area contributed by atoms with E-state index in [2.05, 4.69) is 39.8 Å².